The van der Waals surface area contributed by atoms with Gasteiger partial charge in [0.1, 0.15) is 5.76 Å². The number of benzene rings is 1. The van der Waals surface area contributed by atoms with Gasteiger partial charge in [-0.1, -0.05) is 12.1 Å². The Labute approximate surface area is 123 Å². The van der Waals surface area contributed by atoms with E-state index in [4.69, 9.17) is 4.42 Å². The lowest BCUT2D eigenvalue weighted by Crippen LogP contribution is -2.25. The summed E-state index contributed by atoms with van der Waals surface area (Å²) >= 11 is 0. The predicted octanol–water partition coefficient (Wildman–Crippen LogP) is 1.96. The van der Waals surface area contributed by atoms with E-state index in [1.54, 1.807) is 43.3 Å². The third-order valence-corrected chi connectivity index (χ3v) is 4.14. The van der Waals surface area contributed by atoms with E-state index >= 15 is 0 Å². The quantitative estimate of drug-likeness (QED) is 0.916. The highest BCUT2D eigenvalue weighted by atomic mass is 32.2. The number of amides is 1. The van der Waals surface area contributed by atoms with Gasteiger partial charge < -0.3 is 9.73 Å². The van der Waals surface area contributed by atoms with Crippen molar-refractivity contribution in [2.24, 2.45) is 0 Å². The zero-order chi connectivity index (χ0) is 15.5. The first-order valence-corrected chi connectivity index (χ1v) is 8.39. The fourth-order valence-corrected chi connectivity index (χ4v) is 2.50. The lowest BCUT2D eigenvalue weighted by Gasteiger charge is -2.05. The largest absolute Gasteiger partial charge is 0.456 e. The van der Waals surface area contributed by atoms with Crippen molar-refractivity contribution in [2.45, 2.75) is 18.2 Å². The Morgan fingerprint density at radius 3 is 2.33 bits per heavy atom. The van der Waals surface area contributed by atoms with E-state index in [1.807, 2.05) is 0 Å². The van der Waals surface area contributed by atoms with E-state index < -0.39 is 9.84 Å². The van der Waals surface area contributed by atoms with Gasteiger partial charge in [-0.2, -0.15) is 0 Å². The van der Waals surface area contributed by atoms with Crippen LogP contribution >= 0.6 is 0 Å². The Bertz CT molecular complexity index is 729. The summed E-state index contributed by atoms with van der Waals surface area (Å²) < 4.78 is 27.9. The first-order valence-electron chi connectivity index (χ1n) is 6.50. The highest BCUT2D eigenvalue weighted by Crippen LogP contribution is 2.10. The Morgan fingerprint density at radius 1 is 1.14 bits per heavy atom. The third-order valence-electron chi connectivity index (χ3n) is 3.01. The van der Waals surface area contributed by atoms with Crippen molar-refractivity contribution in [3.63, 3.8) is 0 Å². The van der Waals surface area contributed by atoms with E-state index in [0.717, 1.165) is 5.56 Å². The Hall–Kier alpha value is -2.08. The molecule has 0 bridgehead atoms. The molecule has 0 saturated carbocycles. The van der Waals surface area contributed by atoms with E-state index in [2.05, 4.69) is 5.32 Å². The summed E-state index contributed by atoms with van der Waals surface area (Å²) in [6.45, 7) is 2.23. The van der Waals surface area contributed by atoms with Crippen LogP contribution in [0.25, 0.3) is 0 Å². The van der Waals surface area contributed by atoms with Crippen LogP contribution < -0.4 is 5.32 Å². The first kappa shape index (κ1) is 15.3. The second-order valence-electron chi connectivity index (χ2n) is 4.83. The second kappa shape index (κ2) is 6.13. The van der Waals surface area contributed by atoms with Gasteiger partial charge in [-0.25, -0.2) is 8.42 Å². The summed E-state index contributed by atoms with van der Waals surface area (Å²) in [7, 11) is -3.17. The molecule has 1 aromatic carbocycles. The summed E-state index contributed by atoms with van der Waals surface area (Å²) in [5.41, 5.74) is 0.957. The average molecular weight is 307 g/mol. The zero-order valence-electron chi connectivity index (χ0n) is 11.9. The van der Waals surface area contributed by atoms with Crippen molar-refractivity contribution in [3.05, 3.63) is 53.5 Å². The standard InChI is InChI=1S/C15H17NO4S/c1-11-3-8-14(20-11)15(17)16-10-9-12-4-6-13(7-5-12)21(2,18)19/h3-8H,9-10H2,1-2H3,(H,16,17). The highest BCUT2D eigenvalue weighted by Gasteiger charge is 2.09. The molecule has 2 rings (SSSR count). The van der Waals surface area contributed by atoms with Gasteiger partial charge in [0.05, 0.1) is 4.90 Å². The number of hydrogen-bond acceptors (Lipinski definition) is 4. The van der Waals surface area contributed by atoms with Gasteiger partial charge in [-0.05, 0) is 43.2 Å². The van der Waals surface area contributed by atoms with Gasteiger partial charge in [-0.3, -0.25) is 4.79 Å². The van der Waals surface area contributed by atoms with Gasteiger partial charge in [0, 0.05) is 12.8 Å². The van der Waals surface area contributed by atoms with Crippen LogP contribution in [0.3, 0.4) is 0 Å². The molecule has 0 atom stereocenters. The molecule has 1 heterocycles. The SMILES string of the molecule is Cc1ccc(C(=O)NCCc2ccc(S(C)(=O)=O)cc2)o1. The van der Waals surface area contributed by atoms with Gasteiger partial charge in [0.2, 0.25) is 0 Å². The monoisotopic (exact) mass is 307 g/mol. The molecule has 1 N–H and O–H groups in total. The zero-order valence-corrected chi connectivity index (χ0v) is 12.7. The molecule has 1 aromatic heterocycles. The van der Waals surface area contributed by atoms with Crippen LogP contribution in [0.2, 0.25) is 0 Å². The number of hydrogen-bond donors (Lipinski definition) is 1. The van der Waals surface area contributed by atoms with Crippen LogP contribution in [0.1, 0.15) is 21.9 Å². The molecule has 112 valence electrons. The molecule has 0 unspecified atom stereocenters. The fourth-order valence-electron chi connectivity index (χ4n) is 1.87. The Balaban J connectivity index is 1.88. The normalized spacial score (nSPS) is 11.3. The van der Waals surface area contributed by atoms with Gasteiger partial charge in [-0.15, -0.1) is 0 Å². The number of furan rings is 1. The first-order chi connectivity index (χ1) is 9.86. The Kier molecular flexibility index (Phi) is 4.47. The van der Waals surface area contributed by atoms with Crippen LogP contribution in [-0.2, 0) is 16.3 Å². The van der Waals surface area contributed by atoms with E-state index in [0.29, 0.717) is 29.4 Å². The van der Waals surface area contributed by atoms with E-state index in [9.17, 15) is 13.2 Å². The van der Waals surface area contributed by atoms with E-state index in [1.165, 1.54) is 6.26 Å². The summed E-state index contributed by atoms with van der Waals surface area (Å²) in [4.78, 5) is 12.0. The molecule has 21 heavy (non-hydrogen) atoms. The van der Waals surface area contributed by atoms with Crippen LogP contribution in [0.4, 0.5) is 0 Å². The molecule has 0 aliphatic carbocycles. The minimum absolute atomic E-state index is 0.254. The van der Waals surface area contributed by atoms with Crippen molar-refractivity contribution < 1.29 is 17.6 Å². The number of nitrogens with one attached hydrogen (secondary N) is 1. The highest BCUT2D eigenvalue weighted by molar-refractivity contribution is 7.90. The maximum Gasteiger partial charge on any atom is 0.287 e. The topological polar surface area (TPSA) is 76.4 Å². The van der Waals surface area contributed by atoms with Crippen molar-refractivity contribution in [3.8, 4) is 0 Å². The molecule has 0 saturated heterocycles. The number of carbonyl (C=O) groups excluding carboxylic acids is 1. The minimum atomic E-state index is -3.17. The number of carbonyl (C=O) groups is 1. The maximum absolute atomic E-state index is 11.7. The smallest absolute Gasteiger partial charge is 0.287 e. The van der Waals surface area contributed by atoms with Crippen LogP contribution in [0.15, 0.2) is 45.7 Å². The van der Waals surface area contributed by atoms with E-state index in [-0.39, 0.29) is 5.91 Å². The van der Waals surface area contributed by atoms with Crippen LogP contribution in [-0.4, -0.2) is 27.1 Å². The van der Waals surface area contributed by atoms with Gasteiger partial charge in [0.25, 0.3) is 5.91 Å². The molecule has 1 amide bonds. The van der Waals surface area contributed by atoms with Gasteiger partial charge >= 0.3 is 0 Å². The van der Waals surface area contributed by atoms with Crippen LogP contribution in [0, 0.1) is 6.92 Å². The van der Waals surface area contributed by atoms with Crippen molar-refractivity contribution in [2.75, 3.05) is 12.8 Å². The average Bonchev–Trinajstić information content (AvgIpc) is 2.85. The number of sulfone groups is 1. The molecule has 0 aliphatic heterocycles. The molecule has 6 heteroatoms. The summed E-state index contributed by atoms with van der Waals surface area (Å²) in [5.74, 6) is 0.729. The molecule has 0 radical (unpaired) electrons. The maximum atomic E-state index is 11.7. The number of rotatable bonds is 5. The molecule has 0 aliphatic rings. The van der Waals surface area contributed by atoms with Crippen molar-refractivity contribution in [1.29, 1.82) is 0 Å². The second-order valence-corrected chi connectivity index (χ2v) is 6.85. The summed E-state index contributed by atoms with van der Waals surface area (Å²) in [5, 5.41) is 2.75. The molecular weight excluding hydrogens is 290 g/mol. The lowest BCUT2D eigenvalue weighted by molar-refractivity contribution is 0.0925. The molecule has 0 fully saturated rings. The molecule has 0 spiro atoms. The number of aryl methyl sites for hydroxylation is 1. The Morgan fingerprint density at radius 2 is 1.81 bits per heavy atom. The minimum Gasteiger partial charge on any atom is -0.456 e. The summed E-state index contributed by atoms with van der Waals surface area (Å²) in [6.07, 6.45) is 1.79. The van der Waals surface area contributed by atoms with Crippen molar-refractivity contribution in [1.82, 2.24) is 5.32 Å². The lowest BCUT2D eigenvalue weighted by atomic mass is 10.1. The third kappa shape index (κ3) is 4.19. The molecule has 2 aromatic rings. The predicted molar refractivity (Wildman–Crippen MR) is 79.0 cm³/mol. The summed E-state index contributed by atoms with van der Waals surface area (Å²) in [6, 6.07) is 10.0. The fraction of sp³-hybridized carbons (Fsp3) is 0.267. The van der Waals surface area contributed by atoms with Gasteiger partial charge in [0.15, 0.2) is 15.6 Å². The molecular formula is C15H17NO4S. The molecule has 5 nitrogen and oxygen atoms in total. The van der Waals surface area contributed by atoms with Crippen molar-refractivity contribution >= 4 is 15.7 Å². The van der Waals surface area contributed by atoms with Crippen LogP contribution in [0.5, 0.6) is 0 Å².